The summed E-state index contributed by atoms with van der Waals surface area (Å²) in [7, 11) is 1.55. The zero-order valence-corrected chi connectivity index (χ0v) is 21.3. The monoisotopic (exact) mass is 521 g/mol. The number of aliphatic carboxylic acids is 1. The Morgan fingerprint density at radius 3 is 2.47 bits per heavy atom. The van der Waals surface area contributed by atoms with Crippen LogP contribution in [0.15, 0.2) is 82.9 Å². The third-order valence-corrected chi connectivity index (χ3v) is 6.52. The lowest BCUT2D eigenvalue weighted by Crippen LogP contribution is -2.03. The lowest BCUT2D eigenvalue weighted by molar-refractivity contribution is -0.131. The van der Waals surface area contributed by atoms with Gasteiger partial charge in [0.25, 0.3) is 0 Å². The van der Waals surface area contributed by atoms with Crippen LogP contribution in [0, 0.1) is 0 Å². The molecule has 0 saturated heterocycles. The van der Waals surface area contributed by atoms with Gasteiger partial charge in [0.15, 0.2) is 22.5 Å². The van der Waals surface area contributed by atoms with Gasteiger partial charge in [0.2, 0.25) is 0 Å². The third-order valence-electron chi connectivity index (χ3n) is 5.27. The maximum Gasteiger partial charge on any atom is 0.342 e. The highest BCUT2D eigenvalue weighted by molar-refractivity contribution is 8.04. The molecule has 0 atom stereocenters. The second kappa shape index (κ2) is 11.8. The van der Waals surface area contributed by atoms with E-state index in [2.05, 4.69) is 10.2 Å². The van der Waals surface area contributed by atoms with Crippen LogP contribution in [0.4, 0.5) is 0 Å². The molecule has 0 fully saturated rings. The molecule has 1 heterocycles. The largest absolute Gasteiger partial charge is 0.493 e. The van der Waals surface area contributed by atoms with Crippen molar-refractivity contribution >= 4 is 35.4 Å². The van der Waals surface area contributed by atoms with Gasteiger partial charge in [-0.1, -0.05) is 48.0 Å². The average Bonchev–Trinajstić information content (AvgIpc) is 3.30. The summed E-state index contributed by atoms with van der Waals surface area (Å²) in [6.45, 7) is 2.92. The van der Waals surface area contributed by atoms with Crippen molar-refractivity contribution in [2.75, 3.05) is 7.11 Å². The second-order valence-corrected chi connectivity index (χ2v) is 9.10. The maximum absolute atomic E-state index is 12.1. The molecule has 0 radical (unpaired) electrons. The third kappa shape index (κ3) is 6.08. The highest BCUT2D eigenvalue weighted by Gasteiger charge is 2.18. The summed E-state index contributed by atoms with van der Waals surface area (Å²) in [5.74, 6) is 0.655. The number of carbonyl (C=O) groups is 1. The fourth-order valence-corrected chi connectivity index (χ4v) is 4.49. The van der Waals surface area contributed by atoms with Crippen molar-refractivity contribution in [1.82, 2.24) is 14.8 Å². The lowest BCUT2D eigenvalue weighted by Gasteiger charge is -2.12. The van der Waals surface area contributed by atoms with Crippen LogP contribution in [-0.2, 0) is 17.9 Å². The average molecular weight is 522 g/mol. The van der Waals surface area contributed by atoms with Gasteiger partial charge in [0.1, 0.15) is 11.5 Å². The molecular formula is C27H24ClN3O4S. The molecule has 0 aliphatic rings. The molecule has 7 nitrogen and oxygen atoms in total. The molecule has 1 aromatic heterocycles. The van der Waals surface area contributed by atoms with Crippen molar-refractivity contribution in [3.63, 3.8) is 0 Å². The summed E-state index contributed by atoms with van der Waals surface area (Å²) in [6, 6.07) is 22.4. The first kappa shape index (κ1) is 25.3. The van der Waals surface area contributed by atoms with Gasteiger partial charge in [0, 0.05) is 17.1 Å². The Morgan fingerprint density at radius 2 is 1.81 bits per heavy atom. The number of halogens is 1. The Bertz CT molecular complexity index is 1370. The number of carboxylic acids is 1. The molecule has 3 aromatic carbocycles. The zero-order chi connectivity index (χ0) is 25.5. The van der Waals surface area contributed by atoms with Crippen LogP contribution in [0.3, 0.4) is 0 Å². The van der Waals surface area contributed by atoms with Gasteiger partial charge >= 0.3 is 5.97 Å². The minimum absolute atomic E-state index is 0.0970. The Morgan fingerprint density at radius 1 is 1.06 bits per heavy atom. The summed E-state index contributed by atoms with van der Waals surface area (Å²) >= 11 is 7.04. The van der Waals surface area contributed by atoms with Gasteiger partial charge in [0.05, 0.1) is 7.11 Å². The lowest BCUT2D eigenvalue weighted by atomic mass is 10.2. The molecule has 184 valence electrons. The number of hydrogen-bond donors (Lipinski definition) is 1. The molecule has 0 saturated carbocycles. The van der Waals surface area contributed by atoms with E-state index in [1.54, 1.807) is 43.5 Å². The van der Waals surface area contributed by atoms with Crippen molar-refractivity contribution in [2.45, 2.75) is 25.2 Å². The molecule has 0 aliphatic heterocycles. The first-order valence-corrected chi connectivity index (χ1v) is 12.3. The smallest absolute Gasteiger partial charge is 0.342 e. The first-order chi connectivity index (χ1) is 17.5. The Balaban J connectivity index is 1.57. The molecule has 36 heavy (non-hydrogen) atoms. The molecule has 4 rings (SSSR count). The quantitative estimate of drug-likeness (QED) is 0.190. The fourth-order valence-electron chi connectivity index (χ4n) is 3.47. The normalized spacial score (nSPS) is 11.4. The van der Waals surface area contributed by atoms with E-state index in [9.17, 15) is 9.90 Å². The van der Waals surface area contributed by atoms with E-state index in [-0.39, 0.29) is 4.91 Å². The number of aromatic nitrogens is 3. The van der Waals surface area contributed by atoms with Gasteiger partial charge < -0.3 is 19.1 Å². The van der Waals surface area contributed by atoms with Crippen LogP contribution in [-0.4, -0.2) is 33.0 Å². The van der Waals surface area contributed by atoms with Crippen molar-refractivity contribution < 1.29 is 19.4 Å². The highest BCUT2D eigenvalue weighted by atomic mass is 35.5. The second-order valence-electron chi connectivity index (χ2n) is 7.66. The molecule has 0 bridgehead atoms. The molecular weight excluding hydrogens is 498 g/mol. The number of ether oxygens (including phenoxy) is 2. The number of carboxylic acid groups (broad SMARTS) is 1. The van der Waals surface area contributed by atoms with Crippen molar-refractivity contribution in [2.24, 2.45) is 0 Å². The van der Waals surface area contributed by atoms with Gasteiger partial charge in [-0.15, -0.1) is 10.2 Å². The van der Waals surface area contributed by atoms with Gasteiger partial charge in [-0.05, 0) is 72.3 Å². The number of rotatable bonds is 10. The van der Waals surface area contributed by atoms with E-state index >= 15 is 0 Å². The van der Waals surface area contributed by atoms with E-state index in [0.717, 1.165) is 22.9 Å². The Hall–Kier alpha value is -3.75. The van der Waals surface area contributed by atoms with Crippen molar-refractivity contribution in [3.8, 4) is 22.9 Å². The van der Waals surface area contributed by atoms with E-state index in [0.29, 0.717) is 46.2 Å². The van der Waals surface area contributed by atoms with Crippen LogP contribution in [0.1, 0.15) is 18.1 Å². The Kier molecular flexibility index (Phi) is 8.30. The number of benzene rings is 3. The molecule has 0 aliphatic carbocycles. The summed E-state index contributed by atoms with van der Waals surface area (Å²) in [5.41, 5.74) is 2.53. The topological polar surface area (TPSA) is 86.5 Å². The van der Waals surface area contributed by atoms with Crippen LogP contribution >= 0.6 is 23.4 Å². The van der Waals surface area contributed by atoms with E-state index < -0.39 is 5.97 Å². The minimum Gasteiger partial charge on any atom is -0.493 e. The number of methoxy groups -OCH3 is 1. The summed E-state index contributed by atoms with van der Waals surface area (Å²) in [5, 5.41) is 19.5. The zero-order valence-electron chi connectivity index (χ0n) is 19.7. The molecule has 0 unspecified atom stereocenters. The number of nitrogens with zero attached hydrogens (tertiary/aromatic N) is 3. The standard InChI is InChI=1S/C27H24ClN3O4S/c1-3-31-25(20-10-12-21(28)13-11-20)29-30-27(31)36-24(26(32)33)16-19-9-14-22(23(15-19)34-2)35-17-18-7-5-4-6-8-18/h4-16H,3,17H2,1-2H3,(H,32,33)/b24-16-. The Labute approximate surface area is 218 Å². The van der Waals surface area contributed by atoms with Gasteiger partial charge in [-0.25, -0.2) is 4.79 Å². The van der Waals surface area contributed by atoms with Crippen molar-refractivity contribution in [1.29, 1.82) is 0 Å². The van der Waals surface area contributed by atoms with Crippen LogP contribution in [0.2, 0.25) is 5.02 Å². The van der Waals surface area contributed by atoms with Gasteiger partial charge in [-0.3, -0.25) is 0 Å². The molecule has 4 aromatic rings. The van der Waals surface area contributed by atoms with Gasteiger partial charge in [-0.2, -0.15) is 0 Å². The summed E-state index contributed by atoms with van der Waals surface area (Å²) in [4.78, 5) is 12.2. The van der Waals surface area contributed by atoms with Crippen LogP contribution in [0.5, 0.6) is 11.5 Å². The van der Waals surface area contributed by atoms with E-state index in [1.165, 1.54) is 0 Å². The predicted molar refractivity (Wildman–Crippen MR) is 141 cm³/mol. The molecule has 9 heteroatoms. The summed E-state index contributed by atoms with van der Waals surface area (Å²) < 4.78 is 13.3. The van der Waals surface area contributed by atoms with Crippen LogP contribution in [0.25, 0.3) is 17.5 Å². The SMILES string of the molecule is CCn1c(S/C(=C\c2ccc(OCc3ccccc3)c(OC)c2)C(=O)O)nnc1-c1ccc(Cl)cc1. The number of thioether (sulfide) groups is 1. The molecule has 0 spiro atoms. The predicted octanol–water partition coefficient (Wildman–Crippen LogP) is 6.42. The molecule has 0 amide bonds. The molecule has 1 N–H and O–H groups in total. The highest BCUT2D eigenvalue weighted by Crippen LogP contribution is 2.33. The minimum atomic E-state index is -1.07. The summed E-state index contributed by atoms with van der Waals surface area (Å²) in [6.07, 6.45) is 1.58. The maximum atomic E-state index is 12.1. The number of hydrogen-bond acceptors (Lipinski definition) is 6. The van der Waals surface area contributed by atoms with E-state index in [1.807, 2.05) is 54.0 Å². The van der Waals surface area contributed by atoms with Crippen LogP contribution < -0.4 is 9.47 Å². The van der Waals surface area contributed by atoms with Crippen molar-refractivity contribution in [3.05, 3.63) is 93.9 Å². The first-order valence-electron chi connectivity index (χ1n) is 11.1. The van der Waals surface area contributed by atoms with E-state index in [4.69, 9.17) is 21.1 Å². The fraction of sp³-hybridized carbons (Fsp3) is 0.148.